The Labute approximate surface area is 57.2 Å². The number of hydrogen-bond acceptors (Lipinski definition) is 5. The molecule has 0 bridgehead atoms. The molecule has 0 aliphatic rings. The second-order valence-electron chi connectivity index (χ2n) is 1.45. The highest BCUT2D eigenvalue weighted by Crippen LogP contribution is 2.11. The van der Waals surface area contributed by atoms with E-state index in [0.717, 1.165) is 6.26 Å². The summed E-state index contributed by atoms with van der Waals surface area (Å²) in [4.78, 5) is 0. The maximum Gasteiger partial charge on any atom is 0.262 e. The van der Waals surface area contributed by atoms with Crippen LogP contribution in [0, 0.1) is 0 Å². The minimum atomic E-state index is -4.66. The normalized spacial score (nSPS) is 11.3. The highest BCUT2D eigenvalue weighted by molar-refractivity contribution is 7.81. The molecule has 6 heteroatoms. The molecule has 0 aliphatic carbocycles. The Morgan fingerprint density at radius 3 is 2.70 bits per heavy atom. The van der Waals surface area contributed by atoms with E-state index in [-0.39, 0.29) is 5.75 Å². The van der Waals surface area contributed by atoms with Crippen molar-refractivity contribution in [3.8, 4) is 5.75 Å². The van der Waals surface area contributed by atoms with E-state index in [0.29, 0.717) is 0 Å². The summed E-state index contributed by atoms with van der Waals surface area (Å²) in [6, 6.07) is 1.22. The van der Waals surface area contributed by atoms with Crippen LogP contribution in [0.1, 0.15) is 0 Å². The fraction of sp³-hybridized carbons (Fsp3) is 0. The second-order valence-corrected chi connectivity index (χ2v) is 2.43. The first-order chi connectivity index (χ1) is 4.58. The lowest BCUT2D eigenvalue weighted by atomic mass is 10.6. The van der Waals surface area contributed by atoms with Crippen LogP contribution >= 0.6 is 0 Å². The lowest BCUT2D eigenvalue weighted by molar-refractivity contribution is 0.370. The summed E-state index contributed by atoms with van der Waals surface area (Å²) in [5, 5.41) is 0. The summed E-state index contributed by atoms with van der Waals surface area (Å²) >= 11 is 0. The molecule has 0 radical (unpaired) electrons. The molecule has 0 atom stereocenters. The largest absolute Gasteiger partial charge is 0.716 e. The molecule has 0 N–H and O–H groups in total. The third kappa shape index (κ3) is 2.08. The monoisotopic (exact) mass is 163 g/mol. The zero-order valence-electron chi connectivity index (χ0n) is 4.68. The average Bonchev–Trinajstić information content (AvgIpc) is 2.12. The maximum absolute atomic E-state index is 9.88. The fourth-order valence-corrected chi connectivity index (χ4v) is 0.748. The summed E-state index contributed by atoms with van der Waals surface area (Å²) in [5.74, 6) is -0.116. The Bertz CT molecular complexity index is 283. The van der Waals surface area contributed by atoms with Crippen molar-refractivity contribution >= 4 is 10.4 Å². The van der Waals surface area contributed by atoms with Gasteiger partial charge in [0.25, 0.3) is 10.4 Å². The summed E-state index contributed by atoms with van der Waals surface area (Å²) in [5.41, 5.74) is 0. The minimum Gasteiger partial charge on any atom is -0.716 e. The lowest BCUT2D eigenvalue weighted by Gasteiger charge is -2.04. The second kappa shape index (κ2) is 2.31. The molecule has 0 amide bonds. The first-order valence-electron chi connectivity index (χ1n) is 2.25. The third-order valence-corrected chi connectivity index (χ3v) is 1.09. The lowest BCUT2D eigenvalue weighted by Crippen LogP contribution is -2.06. The fourth-order valence-electron chi connectivity index (χ4n) is 0.417. The molecule has 1 heterocycles. The van der Waals surface area contributed by atoms with Gasteiger partial charge in [-0.25, -0.2) is 8.42 Å². The molecular formula is C4H3O5S-. The molecule has 0 fully saturated rings. The molecule has 0 aromatic carbocycles. The Morgan fingerprint density at radius 1 is 1.60 bits per heavy atom. The van der Waals surface area contributed by atoms with Gasteiger partial charge in [0.1, 0.15) is 6.26 Å². The standard InChI is InChI=1S/C4H4O5S/c5-10(6,7)9-4-1-2-8-3-4/h1-3H,(H,5,6,7)/p-1. The van der Waals surface area contributed by atoms with Crippen LogP contribution in [0.2, 0.25) is 0 Å². The van der Waals surface area contributed by atoms with Gasteiger partial charge in [0, 0.05) is 6.07 Å². The Hall–Kier alpha value is -1.01. The van der Waals surface area contributed by atoms with Crippen molar-refractivity contribution in [1.29, 1.82) is 0 Å². The van der Waals surface area contributed by atoms with Crippen LogP contribution in [-0.4, -0.2) is 13.0 Å². The van der Waals surface area contributed by atoms with Gasteiger partial charge in [-0.05, 0) is 0 Å². The van der Waals surface area contributed by atoms with Gasteiger partial charge >= 0.3 is 0 Å². The molecule has 0 aliphatic heterocycles. The highest BCUT2D eigenvalue weighted by atomic mass is 32.3. The van der Waals surface area contributed by atoms with E-state index < -0.39 is 10.4 Å². The molecule has 0 unspecified atom stereocenters. The quantitative estimate of drug-likeness (QED) is 0.457. The van der Waals surface area contributed by atoms with Gasteiger partial charge in [0.2, 0.25) is 0 Å². The predicted octanol–water partition coefficient (Wildman–Crippen LogP) is 0.119. The molecule has 0 saturated carbocycles. The van der Waals surface area contributed by atoms with Crippen LogP contribution in [0.25, 0.3) is 0 Å². The molecule has 5 nitrogen and oxygen atoms in total. The third-order valence-electron chi connectivity index (χ3n) is 0.693. The van der Waals surface area contributed by atoms with Crippen LogP contribution < -0.4 is 4.18 Å². The molecule has 1 aromatic heterocycles. The van der Waals surface area contributed by atoms with E-state index in [1.807, 2.05) is 0 Å². The van der Waals surface area contributed by atoms with Crippen molar-refractivity contribution < 1.29 is 21.6 Å². The van der Waals surface area contributed by atoms with Crippen LogP contribution in [0.5, 0.6) is 5.75 Å². The molecule has 1 aromatic rings. The van der Waals surface area contributed by atoms with Gasteiger partial charge in [-0.3, -0.25) is 0 Å². The van der Waals surface area contributed by atoms with Crippen LogP contribution in [-0.2, 0) is 10.4 Å². The van der Waals surface area contributed by atoms with E-state index in [9.17, 15) is 13.0 Å². The van der Waals surface area contributed by atoms with Gasteiger partial charge in [-0.1, -0.05) is 0 Å². The summed E-state index contributed by atoms with van der Waals surface area (Å²) in [6.07, 6.45) is 2.20. The van der Waals surface area contributed by atoms with Crippen molar-refractivity contribution in [3.63, 3.8) is 0 Å². The Balaban J connectivity index is 2.75. The van der Waals surface area contributed by atoms with E-state index in [2.05, 4.69) is 8.60 Å². The molecular weight excluding hydrogens is 160 g/mol. The zero-order chi connectivity index (χ0) is 7.61. The summed E-state index contributed by atoms with van der Waals surface area (Å²) < 4.78 is 37.9. The summed E-state index contributed by atoms with van der Waals surface area (Å²) in [7, 11) is -4.66. The van der Waals surface area contributed by atoms with Crippen LogP contribution in [0.3, 0.4) is 0 Å². The molecule has 0 saturated heterocycles. The number of hydrogen-bond donors (Lipinski definition) is 0. The Kier molecular flexibility index (Phi) is 1.64. The molecule has 10 heavy (non-hydrogen) atoms. The number of rotatable bonds is 2. The smallest absolute Gasteiger partial charge is 0.262 e. The van der Waals surface area contributed by atoms with Crippen molar-refractivity contribution in [2.75, 3.05) is 0 Å². The molecule has 0 spiro atoms. The maximum atomic E-state index is 9.88. The molecule has 1 rings (SSSR count). The highest BCUT2D eigenvalue weighted by Gasteiger charge is 1.97. The summed E-state index contributed by atoms with van der Waals surface area (Å²) in [6.45, 7) is 0. The van der Waals surface area contributed by atoms with Crippen LogP contribution in [0.15, 0.2) is 23.0 Å². The van der Waals surface area contributed by atoms with E-state index in [1.165, 1.54) is 12.3 Å². The van der Waals surface area contributed by atoms with Gasteiger partial charge in [0.05, 0.1) is 6.26 Å². The first kappa shape index (κ1) is 7.10. The van der Waals surface area contributed by atoms with E-state index in [4.69, 9.17) is 0 Å². The first-order valence-corrected chi connectivity index (χ1v) is 3.59. The Morgan fingerprint density at radius 2 is 2.30 bits per heavy atom. The van der Waals surface area contributed by atoms with Crippen molar-refractivity contribution in [1.82, 2.24) is 0 Å². The van der Waals surface area contributed by atoms with Crippen LogP contribution in [0.4, 0.5) is 0 Å². The topological polar surface area (TPSA) is 79.6 Å². The van der Waals surface area contributed by atoms with Gasteiger partial charge < -0.3 is 13.2 Å². The molecule has 56 valence electrons. The van der Waals surface area contributed by atoms with Crippen molar-refractivity contribution in [3.05, 3.63) is 18.6 Å². The van der Waals surface area contributed by atoms with Gasteiger partial charge in [-0.2, -0.15) is 0 Å². The van der Waals surface area contributed by atoms with E-state index in [1.54, 1.807) is 0 Å². The SMILES string of the molecule is O=S(=O)([O-])Oc1ccoc1. The van der Waals surface area contributed by atoms with Gasteiger partial charge in [0.15, 0.2) is 5.75 Å². The van der Waals surface area contributed by atoms with Crippen molar-refractivity contribution in [2.24, 2.45) is 0 Å². The van der Waals surface area contributed by atoms with Gasteiger partial charge in [-0.15, -0.1) is 0 Å². The van der Waals surface area contributed by atoms with E-state index >= 15 is 0 Å². The zero-order valence-corrected chi connectivity index (χ0v) is 5.50. The minimum absolute atomic E-state index is 0.116. The average molecular weight is 163 g/mol. The predicted molar refractivity (Wildman–Crippen MR) is 29.0 cm³/mol. The van der Waals surface area contributed by atoms with Crippen molar-refractivity contribution in [2.45, 2.75) is 0 Å². The number of furan rings is 1.